The Morgan fingerprint density at radius 2 is 1.92 bits per heavy atom. The minimum atomic E-state index is -0.335. The number of aromatic nitrogens is 2. The van der Waals surface area contributed by atoms with Gasteiger partial charge in [-0.15, -0.1) is 0 Å². The number of ether oxygens (including phenoxy) is 1. The van der Waals surface area contributed by atoms with E-state index >= 15 is 0 Å². The number of benzene rings is 1. The van der Waals surface area contributed by atoms with Gasteiger partial charge in [-0.05, 0) is 43.4 Å². The van der Waals surface area contributed by atoms with Crippen LogP contribution in [0.1, 0.15) is 43.0 Å². The van der Waals surface area contributed by atoms with Crippen molar-refractivity contribution < 1.29 is 9.53 Å². The van der Waals surface area contributed by atoms with Crippen LogP contribution in [-0.2, 0) is 9.53 Å². The van der Waals surface area contributed by atoms with Crippen molar-refractivity contribution in [2.75, 3.05) is 7.11 Å². The second-order valence-electron chi connectivity index (χ2n) is 6.33. The second-order valence-corrected chi connectivity index (χ2v) is 6.77. The topological polar surface area (TPSA) is 64.1 Å². The Morgan fingerprint density at radius 1 is 1.20 bits per heavy atom. The predicted octanol–water partition coefficient (Wildman–Crippen LogP) is 3.54. The standard InChI is InChI=1S/C19H22ClN3O2/c1-25-16-8-4-14(5-9-16)19(24)23-18(17-12-21-10-11-22-17)13-2-6-15(20)7-3-13/h2-3,6-7,10-12,14,16,18H,4-5,8-9H2,1H3,(H,23,24). The van der Waals surface area contributed by atoms with Crippen molar-refractivity contribution in [3.63, 3.8) is 0 Å². The lowest BCUT2D eigenvalue weighted by molar-refractivity contribution is -0.127. The highest BCUT2D eigenvalue weighted by Gasteiger charge is 2.28. The van der Waals surface area contributed by atoms with E-state index < -0.39 is 0 Å². The average molecular weight is 360 g/mol. The lowest BCUT2D eigenvalue weighted by Gasteiger charge is -2.28. The summed E-state index contributed by atoms with van der Waals surface area (Å²) >= 11 is 5.99. The van der Waals surface area contributed by atoms with Crippen LogP contribution in [0.4, 0.5) is 0 Å². The molecule has 1 aromatic carbocycles. The van der Waals surface area contributed by atoms with Crippen LogP contribution in [0.2, 0.25) is 5.02 Å². The Bertz CT molecular complexity index is 686. The highest BCUT2D eigenvalue weighted by Crippen LogP contribution is 2.28. The molecule has 0 spiro atoms. The van der Waals surface area contributed by atoms with Gasteiger partial charge in [0, 0.05) is 30.4 Å². The van der Waals surface area contributed by atoms with Crippen molar-refractivity contribution in [2.24, 2.45) is 5.92 Å². The smallest absolute Gasteiger partial charge is 0.223 e. The molecule has 1 N–H and O–H groups in total. The van der Waals surface area contributed by atoms with Gasteiger partial charge in [0.05, 0.1) is 24.0 Å². The third-order valence-electron chi connectivity index (χ3n) is 4.75. The van der Waals surface area contributed by atoms with E-state index in [-0.39, 0.29) is 24.0 Å². The first-order valence-corrected chi connectivity index (χ1v) is 8.89. The summed E-state index contributed by atoms with van der Waals surface area (Å²) in [6.45, 7) is 0. The lowest BCUT2D eigenvalue weighted by atomic mass is 9.86. The summed E-state index contributed by atoms with van der Waals surface area (Å²) in [6, 6.07) is 7.11. The Morgan fingerprint density at radius 3 is 2.52 bits per heavy atom. The van der Waals surface area contributed by atoms with Gasteiger partial charge in [-0.25, -0.2) is 0 Å². The van der Waals surface area contributed by atoms with Gasteiger partial charge in [-0.1, -0.05) is 23.7 Å². The summed E-state index contributed by atoms with van der Waals surface area (Å²) in [4.78, 5) is 21.3. The van der Waals surface area contributed by atoms with Crippen LogP contribution in [0.15, 0.2) is 42.9 Å². The van der Waals surface area contributed by atoms with Gasteiger partial charge < -0.3 is 10.1 Å². The molecule has 2 aromatic rings. The maximum absolute atomic E-state index is 12.8. The SMILES string of the molecule is COC1CCC(C(=O)NC(c2ccc(Cl)cc2)c2cnccn2)CC1. The van der Waals surface area contributed by atoms with E-state index in [4.69, 9.17) is 16.3 Å². The predicted molar refractivity (Wildman–Crippen MR) is 96.2 cm³/mol. The molecule has 1 aromatic heterocycles. The van der Waals surface area contributed by atoms with E-state index in [0.717, 1.165) is 31.2 Å². The maximum atomic E-state index is 12.8. The van der Waals surface area contributed by atoms with Crippen LogP contribution in [0, 0.1) is 5.92 Å². The molecule has 1 saturated carbocycles. The molecule has 1 atom stereocenters. The number of carbonyl (C=O) groups is 1. The highest BCUT2D eigenvalue weighted by atomic mass is 35.5. The average Bonchev–Trinajstić information content (AvgIpc) is 2.67. The zero-order valence-corrected chi connectivity index (χ0v) is 14.9. The summed E-state index contributed by atoms with van der Waals surface area (Å²) in [5, 5.41) is 3.80. The van der Waals surface area contributed by atoms with Crippen molar-refractivity contribution in [3.05, 3.63) is 59.1 Å². The maximum Gasteiger partial charge on any atom is 0.223 e. The van der Waals surface area contributed by atoms with Crippen LogP contribution in [0.3, 0.4) is 0 Å². The molecule has 0 aliphatic heterocycles. The van der Waals surface area contributed by atoms with Crippen molar-refractivity contribution >= 4 is 17.5 Å². The van der Waals surface area contributed by atoms with Gasteiger partial charge in [0.2, 0.25) is 5.91 Å². The van der Waals surface area contributed by atoms with Gasteiger partial charge in [-0.3, -0.25) is 14.8 Å². The van der Waals surface area contributed by atoms with Crippen LogP contribution < -0.4 is 5.32 Å². The number of carbonyl (C=O) groups excluding carboxylic acids is 1. The Hall–Kier alpha value is -1.98. The number of rotatable bonds is 5. The fourth-order valence-electron chi connectivity index (χ4n) is 3.26. The monoisotopic (exact) mass is 359 g/mol. The zero-order chi connectivity index (χ0) is 17.6. The van der Waals surface area contributed by atoms with E-state index in [2.05, 4.69) is 15.3 Å². The first kappa shape index (κ1) is 17.8. The molecule has 1 amide bonds. The molecule has 25 heavy (non-hydrogen) atoms. The summed E-state index contributed by atoms with van der Waals surface area (Å²) in [7, 11) is 1.73. The molecular formula is C19H22ClN3O2. The summed E-state index contributed by atoms with van der Waals surface area (Å²) < 4.78 is 5.39. The van der Waals surface area contributed by atoms with Crippen LogP contribution in [0.5, 0.6) is 0 Å². The fourth-order valence-corrected chi connectivity index (χ4v) is 3.39. The molecule has 1 unspecified atom stereocenters. The minimum absolute atomic E-state index is 0.0119. The molecule has 0 saturated heterocycles. The van der Waals surface area contributed by atoms with Crippen molar-refractivity contribution in [1.82, 2.24) is 15.3 Å². The molecule has 0 bridgehead atoms. The van der Waals surface area contributed by atoms with Gasteiger partial charge in [-0.2, -0.15) is 0 Å². The molecule has 132 valence electrons. The minimum Gasteiger partial charge on any atom is -0.381 e. The van der Waals surface area contributed by atoms with Crippen molar-refractivity contribution in [1.29, 1.82) is 0 Å². The molecule has 1 fully saturated rings. The zero-order valence-electron chi connectivity index (χ0n) is 14.2. The normalized spacial score (nSPS) is 21.5. The van der Waals surface area contributed by atoms with Crippen LogP contribution >= 0.6 is 11.6 Å². The van der Waals surface area contributed by atoms with E-state index in [1.165, 1.54) is 0 Å². The van der Waals surface area contributed by atoms with E-state index in [0.29, 0.717) is 10.7 Å². The van der Waals surface area contributed by atoms with Gasteiger partial charge in [0.25, 0.3) is 0 Å². The molecule has 5 nitrogen and oxygen atoms in total. The Balaban J connectivity index is 1.76. The molecule has 1 aliphatic carbocycles. The lowest BCUT2D eigenvalue weighted by Crippen LogP contribution is -2.37. The number of amides is 1. The van der Waals surface area contributed by atoms with E-state index in [1.54, 1.807) is 25.7 Å². The fraction of sp³-hybridized carbons (Fsp3) is 0.421. The largest absolute Gasteiger partial charge is 0.381 e. The third kappa shape index (κ3) is 4.55. The third-order valence-corrected chi connectivity index (χ3v) is 5.00. The Labute approximate surface area is 152 Å². The van der Waals surface area contributed by atoms with Crippen LogP contribution in [0.25, 0.3) is 0 Å². The first-order chi connectivity index (χ1) is 12.2. The number of nitrogens with zero attached hydrogens (tertiary/aromatic N) is 2. The molecule has 6 heteroatoms. The second kappa shape index (κ2) is 8.41. The Kier molecular flexibility index (Phi) is 6.00. The number of methoxy groups -OCH3 is 1. The molecule has 3 rings (SSSR count). The quantitative estimate of drug-likeness (QED) is 0.886. The summed E-state index contributed by atoms with van der Waals surface area (Å²) in [5.74, 6) is 0.0676. The molecular weight excluding hydrogens is 338 g/mol. The molecule has 1 aliphatic rings. The highest BCUT2D eigenvalue weighted by molar-refractivity contribution is 6.30. The van der Waals surface area contributed by atoms with Gasteiger partial charge in [0.15, 0.2) is 0 Å². The molecule has 0 radical (unpaired) electrons. The van der Waals surface area contributed by atoms with E-state index in [9.17, 15) is 4.79 Å². The summed E-state index contributed by atoms with van der Waals surface area (Å²) in [5.41, 5.74) is 1.65. The number of halogens is 1. The number of nitrogens with one attached hydrogen (secondary N) is 1. The first-order valence-electron chi connectivity index (χ1n) is 8.52. The summed E-state index contributed by atoms with van der Waals surface area (Å²) in [6.07, 6.45) is 8.75. The van der Waals surface area contributed by atoms with Crippen LogP contribution in [-0.4, -0.2) is 29.1 Å². The molecule has 1 heterocycles. The van der Waals surface area contributed by atoms with Crippen molar-refractivity contribution in [3.8, 4) is 0 Å². The van der Waals surface area contributed by atoms with Gasteiger partial charge in [0.1, 0.15) is 0 Å². The van der Waals surface area contributed by atoms with Gasteiger partial charge >= 0.3 is 0 Å². The van der Waals surface area contributed by atoms with Crippen molar-refractivity contribution in [2.45, 2.75) is 37.8 Å². The van der Waals surface area contributed by atoms with E-state index in [1.807, 2.05) is 24.3 Å². The number of hydrogen-bond acceptors (Lipinski definition) is 4. The number of hydrogen-bond donors (Lipinski definition) is 1.